The molecular weight excluding hydrogens is 457 g/mol. The van der Waals surface area contributed by atoms with Crippen LogP contribution in [0.5, 0.6) is 0 Å². The van der Waals surface area contributed by atoms with E-state index in [1.807, 2.05) is 23.5 Å². The van der Waals surface area contributed by atoms with Crippen molar-refractivity contribution < 1.29 is 23.9 Å². The van der Waals surface area contributed by atoms with Crippen molar-refractivity contribution in [3.05, 3.63) is 0 Å². The normalized spacial score (nSPS) is 12.3. The zero-order chi connectivity index (χ0) is 22.1. The Labute approximate surface area is 192 Å². The Hall–Kier alpha value is -0.310. The minimum Gasteiger partial charge on any atom is -0.462 e. The summed E-state index contributed by atoms with van der Waals surface area (Å²) in [6.45, 7) is 5.64. The molecule has 10 heteroatoms. The van der Waals surface area contributed by atoms with Gasteiger partial charge in [0.15, 0.2) is 0 Å². The summed E-state index contributed by atoms with van der Waals surface area (Å²) in [7, 11) is 0. The third kappa shape index (κ3) is 15.2. The largest absolute Gasteiger partial charge is 0.462 e. The van der Waals surface area contributed by atoms with E-state index in [1.165, 1.54) is 0 Å². The highest BCUT2D eigenvalue weighted by Gasteiger charge is 2.30. The van der Waals surface area contributed by atoms with E-state index in [-0.39, 0.29) is 30.9 Å². The van der Waals surface area contributed by atoms with Gasteiger partial charge < -0.3 is 14.8 Å². The number of amides is 1. The molecule has 1 unspecified atom stereocenters. The van der Waals surface area contributed by atoms with Crippen LogP contribution in [0.3, 0.4) is 0 Å². The lowest BCUT2D eigenvalue weighted by atomic mass is 10.0. The number of hydrogen-bond donors (Lipinski definition) is 1. The maximum atomic E-state index is 12.5. The molecule has 0 aliphatic heterocycles. The molecule has 0 aromatic carbocycles. The number of rotatable bonds is 17. The first-order chi connectivity index (χ1) is 13.8. The van der Waals surface area contributed by atoms with E-state index in [4.69, 9.17) is 32.7 Å². The van der Waals surface area contributed by atoms with Crippen molar-refractivity contribution >= 4 is 64.6 Å². The zero-order valence-electron chi connectivity index (χ0n) is 17.5. The van der Waals surface area contributed by atoms with E-state index in [0.717, 1.165) is 36.5 Å². The third-order valence-electron chi connectivity index (χ3n) is 3.67. The van der Waals surface area contributed by atoms with Gasteiger partial charge in [0.05, 0.1) is 0 Å². The number of carbonyl (C=O) groups excluding carboxylic acids is 3. The van der Waals surface area contributed by atoms with Crippen molar-refractivity contribution in [2.75, 3.05) is 42.2 Å². The van der Waals surface area contributed by atoms with Gasteiger partial charge in [0, 0.05) is 17.4 Å². The molecule has 0 bridgehead atoms. The Kier molecular flexibility index (Phi) is 17.2. The molecule has 1 atom stereocenters. The molecule has 0 spiro atoms. The third-order valence-corrected chi connectivity index (χ3v) is 7.17. The second-order valence-electron chi connectivity index (χ2n) is 6.80. The average molecular weight is 491 g/mol. The highest BCUT2D eigenvalue weighted by Crippen LogP contribution is 2.22. The molecule has 0 aliphatic carbocycles. The van der Waals surface area contributed by atoms with Crippen LogP contribution in [0.4, 0.5) is 0 Å². The summed E-state index contributed by atoms with van der Waals surface area (Å²) in [6, 6.07) is 0. The van der Waals surface area contributed by atoms with Crippen molar-refractivity contribution in [3.63, 3.8) is 0 Å². The van der Waals surface area contributed by atoms with Gasteiger partial charge in [-0.1, -0.05) is 13.8 Å². The molecule has 0 aliphatic rings. The molecule has 29 heavy (non-hydrogen) atoms. The average Bonchev–Trinajstić information content (AvgIpc) is 2.71. The van der Waals surface area contributed by atoms with Crippen molar-refractivity contribution in [3.8, 4) is 0 Å². The fourth-order valence-corrected chi connectivity index (χ4v) is 4.79. The molecule has 0 radical (unpaired) electrons. The Morgan fingerprint density at radius 2 is 1.55 bits per heavy atom. The summed E-state index contributed by atoms with van der Waals surface area (Å²) >= 11 is 14.7. The first-order valence-corrected chi connectivity index (χ1v) is 13.0. The van der Waals surface area contributed by atoms with Crippen molar-refractivity contribution in [1.82, 2.24) is 5.32 Å². The number of hydrogen-bond acceptors (Lipinski definition) is 7. The van der Waals surface area contributed by atoms with E-state index >= 15 is 0 Å². The van der Waals surface area contributed by atoms with Gasteiger partial charge in [0.2, 0.25) is 5.91 Å². The van der Waals surface area contributed by atoms with Crippen LogP contribution >= 0.6 is 46.7 Å². The standard InChI is InChI=1S/C19H33Cl2NO5S2/c1-4-8-28-12-15(29-9-5-2)6-7-16(23)22-19(3,13-26-17(24)10-20)14-27-18(25)11-21/h15H,4-14H2,1-3H3,(H,22,23). The Morgan fingerprint density at radius 3 is 2.03 bits per heavy atom. The number of esters is 2. The van der Waals surface area contributed by atoms with E-state index in [9.17, 15) is 14.4 Å². The minimum atomic E-state index is -1.05. The topological polar surface area (TPSA) is 81.7 Å². The number of halogens is 2. The molecule has 0 saturated heterocycles. The van der Waals surface area contributed by atoms with E-state index < -0.39 is 17.5 Å². The van der Waals surface area contributed by atoms with Gasteiger partial charge in [-0.2, -0.15) is 23.5 Å². The second kappa shape index (κ2) is 17.4. The molecule has 0 fully saturated rings. The Morgan fingerprint density at radius 1 is 1.00 bits per heavy atom. The lowest BCUT2D eigenvalue weighted by molar-refractivity contribution is -0.149. The molecule has 1 N–H and O–H groups in total. The van der Waals surface area contributed by atoms with Crippen LogP contribution in [0.1, 0.15) is 46.5 Å². The number of carbonyl (C=O) groups is 3. The van der Waals surface area contributed by atoms with E-state index in [1.54, 1.807) is 6.92 Å². The highest BCUT2D eigenvalue weighted by molar-refractivity contribution is 8.03. The molecular formula is C19H33Cl2NO5S2. The Bertz CT molecular complexity index is 477. The highest BCUT2D eigenvalue weighted by atomic mass is 35.5. The quantitative estimate of drug-likeness (QED) is 0.188. The molecule has 0 aromatic heterocycles. The number of nitrogens with one attached hydrogen (secondary N) is 1. The minimum absolute atomic E-state index is 0.153. The smallest absolute Gasteiger partial charge is 0.320 e. The number of ether oxygens (including phenoxy) is 2. The summed E-state index contributed by atoms with van der Waals surface area (Å²) in [6.07, 6.45) is 3.33. The predicted molar refractivity (Wildman–Crippen MR) is 123 cm³/mol. The van der Waals surface area contributed by atoms with Crippen LogP contribution in [-0.4, -0.2) is 70.9 Å². The van der Waals surface area contributed by atoms with Crippen LogP contribution < -0.4 is 5.32 Å². The maximum Gasteiger partial charge on any atom is 0.320 e. The van der Waals surface area contributed by atoms with Crippen molar-refractivity contribution in [1.29, 1.82) is 0 Å². The van der Waals surface area contributed by atoms with E-state index in [2.05, 4.69) is 19.2 Å². The van der Waals surface area contributed by atoms with Gasteiger partial charge in [-0.05, 0) is 37.7 Å². The van der Waals surface area contributed by atoms with Crippen LogP contribution in [0.25, 0.3) is 0 Å². The van der Waals surface area contributed by atoms with E-state index in [0.29, 0.717) is 11.7 Å². The van der Waals surface area contributed by atoms with Crippen LogP contribution in [0, 0.1) is 0 Å². The summed E-state index contributed by atoms with van der Waals surface area (Å²) in [5.41, 5.74) is -1.05. The molecule has 0 rings (SSSR count). The fraction of sp³-hybridized carbons (Fsp3) is 0.842. The van der Waals surface area contributed by atoms with Gasteiger partial charge in [0.1, 0.15) is 30.5 Å². The van der Waals surface area contributed by atoms with Gasteiger partial charge >= 0.3 is 11.9 Å². The van der Waals surface area contributed by atoms with Gasteiger partial charge in [-0.25, -0.2) is 0 Å². The summed E-state index contributed by atoms with van der Waals surface area (Å²) in [4.78, 5) is 35.3. The molecule has 1 amide bonds. The molecule has 0 heterocycles. The maximum absolute atomic E-state index is 12.5. The van der Waals surface area contributed by atoms with Gasteiger partial charge in [-0.15, -0.1) is 23.2 Å². The summed E-state index contributed by atoms with van der Waals surface area (Å²) in [5, 5.41) is 3.24. The second-order valence-corrected chi connectivity index (χ2v) is 9.90. The number of alkyl halides is 2. The predicted octanol–water partition coefficient (Wildman–Crippen LogP) is 3.86. The van der Waals surface area contributed by atoms with Crippen molar-refractivity contribution in [2.45, 2.75) is 57.2 Å². The lowest BCUT2D eigenvalue weighted by Gasteiger charge is -2.30. The van der Waals surface area contributed by atoms with Gasteiger partial charge in [-0.3, -0.25) is 14.4 Å². The van der Waals surface area contributed by atoms with Crippen LogP contribution in [0.15, 0.2) is 0 Å². The monoisotopic (exact) mass is 489 g/mol. The summed E-state index contributed by atoms with van der Waals surface area (Å²) < 4.78 is 10.1. The fourth-order valence-electron chi connectivity index (χ4n) is 2.22. The molecule has 170 valence electrons. The summed E-state index contributed by atoms with van der Waals surface area (Å²) in [5.74, 6) is 1.21. The zero-order valence-corrected chi connectivity index (χ0v) is 20.6. The first kappa shape index (κ1) is 28.7. The Balaban J connectivity index is 4.76. The molecule has 6 nitrogen and oxygen atoms in total. The molecule has 0 saturated carbocycles. The van der Waals surface area contributed by atoms with Crippen LogP contribution in [0.2, 0.25) is 0 Å². The van der Waals surface area contributed by atoms with Gasteiger partial charge in [0.25, 0.3) is 0 Å². The SMILES string of the molecule is CCCSCC(CCC(=O)NC(C)(COC(=O)CCl)COC(=O)CCl)SCCC. The van der Waals surface area contributed by atoms with Crippen molar-refractivity contribution in [2.24, 2.45) is 0 Å². The number of thioether (sulfide) groups is 2. The lowest BCUT2D eigenvalue weighted by Crippen LogP contribution is -2.53. The molecule has 0 aromatic rings. The van der Waals surface area contributed by atoms with Crippen LogP contribution in [-0.2, 0) is 23.9 Å². The first-order valence-electron chi connectivity index (χ1n) is 9.73.